The van der Waals surface area contributed by atoms with E-state index in [4.69, 9.17) is 17.2 Å². The number of thiocarbonyl (C=S) groups is 1. The number of anilines is 2. The Balaban J connectivity index is 1.43. The highest BCUT2D eigenvalue weighted by Gasteiger charge is 2.34. The van der Waals surface area contributed by atoms with Crippen molar-refractivity contribution >= 4 is 29.1 Å². The normalized spacial score (nSPS) is 18.6. The minimum Gasteiger partial charge on any atom is -0.361 e. The molecule has 0 spiro atoms. The van der Waals surface area contributed by atoms with Crippen molar-refractivity contribution < 1.29 is 4.39 Å². The Hall–Kier alpha value is -2.28. The third-order valence-corrected chi connectivity index (χ3v) is 7.10. The van der Waals surface area contributed by atoms with Crippen LogP contribution < -0.4 is 15.5 Å². The van der Waals surface area contributed by atoms with Gasteiger partial charge in [-0.2, -0.15) is 4.98 Å². The molecule has 2 N–H and O–H groups in total. The smallest absolute Gasteiger partial charge is 0.231 e. The minimum atomic E-state index is -0.193. The summed E-state index contributed by atoms with van der Waals surface area (Å²) in [5.74, 6) is 1.32. The fourth-order valence-corrected chi connectivity index (χ4v) is 5.23. The first-order valence-corrected chi connectivity index (χ1v) is 12.4. The van der Waals surface area contributed by atoms with Crippen LogP contribution in [0.25, 0.3) is 0 Å². The van der Waals surface area contributed by atoms with Gasteiger partial charge in [0.15, 0.2) is 5.11 Å². The summed E-state index contributed by atoms with van der Waals surface area (Å²) in [7, 11) is 0. The zero-order valence-electron chi connectivity index (χ0n) is 19.0. The fourth-order valence-electron chi connectivity index (χ4n) is 5.06. The van der Waals surface area contributed by atoms with Gasteiger partial charge in [0.05, 0.1) is 0 Å². The lowest BCUT2D eigenvalue weighted by molar-refractivity contribution is 0.292. The van der Waals surface area contributed by atoms with E-state index in [0.717, 1.165) is 44.0 Å². The maximum atomic E-state index is 13.5. The van der Waals surface area contributed by atoms with Gasteiger partial charge in [-0.3, -0.25) is 0 Å². The van der Waals surface area contributed by atoms with Gasteiger partial charge in [-0.15, -0.1) is 0 Å². The van der Waals surface area contributed by atoms with Gasteiger partial charge in [-0.05, 0) is 62.5 Å². The van der Waals surface area contributed by atoms with Crippen molar-refractivity contribution in [1.29, 1.82) is 0 Å². The van der Waals surface area contributed by atoms with Crippen LogP contribution in [0.3, 0.4) is 0 Å². The molecule has 5 nitrogen and oxygen atoms in total. The van der Waals surface area contributed by atoms with Crippen LogP contribution >= 0.6 is 12.2 Å². The van der Waals surface area contributed by atoms with E-state index in [-0.39, 0.29) is 11.2 Å². The first kappa shape index (κ1) is 22.9. The van der Waals surface area contributed by atoms with Crippen LogP contribution in [0.4, 0.5) is 16.2 Å². The number of nitrogens with one attached hydrogen (secondary N) is 2. The van der Waals surface area contributed by atoms with Gasteiger partial charge in [0.2, 0.25) is 5.95 Å². The highest BCUT2D eigenvalue weighted by Crippen LogP contribution is 2.39. The van der Waals surface area contributed by atoms with Crippen molar-refractivity contribution in [2.45, 2.75) is 70.1 Å². The monoisotopic (exact) mass is 455 g/mol. The van der Waals surface area contributed by atoms with Gasteiger partial charge in [0.25, 0.3) is 0 Å². The predicted octanol–water partition coefficient (Wildman–Crippen LogP) is 5.49. The summed E-state index contributed by atoms with van der Waals surface area (Å²) in [6.07, 6.45) is 10.8. The van der Waals surface area contributed by atoms with E-state index in [2.05, 4.69) is 26.6 Å². The number of aryl methyl sites for hydroxylation is 1. The van der Waals surface area contributed by atoms with Crippen molar-refractivity contribution in [3.63, 3.8) is 0 Å². The van der Waals surface area contributed by atoms with Crippen LogP contribution in [-0.4, -0.2) is 34.7 Å². The SMILES string of the molecule is Cc1cc(N2CCCCCC2)nc(NC(=S)NCC2(c3ccc(F)cc3)CCCCC2)n1. The predicted molar refractivity (Wildman–Crippen MR) is 133 cm³/mol. The van der Waals surface area contributed by atoms with Gasteiger partial charge in [0, 0.05) is 36.8 Å². The Kier molecular flexibility index (Phi) is 7.55. The average Bonchev–Trinajstić information content (AvgIpc) is 3.08. The van der Waals surface area contributed by atoms with Crippen molar-refractivity contribution in [3.8, 4) is 0 Å². The van der Waals surface area contributed by atoms with Gasteiger partial charge in [-0.1, -0.05) is 44.2 Å². The molecule has 2 aromatic rings. The molecule has 1 saturated carbocycles. The molecule has 2 fully saturated rings. The van der Waals surface area contributed by atoms with Gasteiger partial charge < -0.3 is 15.5 Å². The molecule has 1 aromatic heterocycles. The average molecular weight is 456 g/mol. The summed E-state index contributed by atoms with van der Waals surface area (Å²) in [4.78, 5) is 11.7. The summed E-state index contributed by atoms with van der Waals surface area (Å²) in [6.45, 7) is 4.79. The summed E-state index contributed by atoms with van der Waals surface area (Å²) >= 11 is 5.61. The molecule has 2 heterocycles. The van der Waals surface area contributed by atoms with E-state index in [1.807, 2.05) is 19.1 Å². The molecule has 7 heteroatoms. The number of halogens is 1. The van der Waals surface area contributed by atoms with E-state index < -0.39 is 0 Å². The molecule has 1 aliphatic heterocycles. The second kappa shape index (κ2) is 10.6. The van der Waals surface area contributed by atoms with E-state index in [1.165, 1.54) is 50.5 Å². The van der Waals surface area contributed by atoms with Crippen LogP contribution in [0.1, 0.15) is 69.0 Å². The van der Waals surface area contributed by atoms with Crippen molar-refractivity contribution in [3.05, 3.63) is 47.4 Å². The minimum absolute atomic E-state index is 0.0254. The Labute approximate surface area is 196 Å². The highest BCUT2D eigenvalue weighted by atomic mass is 32.1. The summed E-state index contributed by atoms with van der Waals surface area (Å²) < 4.78 is 13.5. The van der Waals surface area contributed by atoms with E-state index >= 15 is 0 Å². The van der Waals surface area contributed by atoms with Crippen LogP contribution in [-0.2, 0) is 5.41 Å². The molecule has 1 aliphatic carbocycles. The molecular weight excluding hydrogens is 421 g/mol. The highest BCUT2D eigenvalue weighted by molar-refractivity contribution is 7.80. The number of aromatic nitrogens is 2. The third kappa shape index (κ3) is 5.74. The second-order valence-electron chi connectivity index (χ2n) is 9.25. The zero-order valence-corrected chi connectivity index (χ0v) is 19.8. The van der Waals surface area contributed by atoms with Crippen molar-refractivity contribution in [1.82, 2.24) is 15.3 Å². The first-order chi connectivity index (χ1) is 15.5. The number of hydrogen-bond donors (Lipinski definition) is 2. The Morgan fingerprint density at radius 1 is 1.00 bits per heavy atom. The number of hydrogen-bond acceptors (Lipinski definition) is 4. The van der Waals surface area contributed by atoms with Crippen LogP contribution in [0.15, 0.2) is 30.3 Å². The molecule has 0 amide bonds. The zero-order chi connectivity index (χ0) is 22.4. The Bertz CT molecular complexity index is 903. The molecule has 0 unspecified atom stereocenters. The maximum absolute atomic E-state index is 13.5. The topological polar surface area (TPSA) is 53.1 Å². The lowest BCUT2D eigenvalue weighted by atomic mass is 9.69. The first-order valence-electron chi connectivity index (χ1n) is 12.0. The third-order valence-electron chi connectivity index (χ3n) is 6.85. The summed E-state index contributed by atoms with van der Waals surface area (Å²) in [5.41, 5.74) is 2.09. The number of nitrogens with zero attached hydrogens (tertiary/aromatic N) is 3. The van der Waals surface area contributed by atoms with Crippen LogP contribution in [0.2, 0.25) is 0 Å². The van der Waals surface area contributed by atoms with Crippen molar-refractivity contribution in [2.75, 3.05) is 29.9 Å². The molecule has 172 valence electrons. The van der Waals surface area contributed by atoms with E-state index in [9.17, 15) is 4.39 Å². The fraction of sp³-hybridized carbons (Fsp3) is 0.560. The summed E-state index contributed by atoms with van der Waals surface area (Å²) in [5, 5.41) is 7.15. The largest absolute Gasteiger partial charge is 0.361 e. The van der Waals surface area contributed by atoms with Gasteiger partial charge in [0.1, 0.15) is 11.6 Å². The quantitative estimate of drug-likeness (QED) is 0.581. The molecule has 4 rings (SSSR count). The number of benzene rings is 1. The van der Waals surface area contributed by atoms with Gasteiger partial charge >= 0.3 is 0 Å². The molecule has 0 radical (unpaired) electrons. The molecule has 1 aromatic carbocycles. The van der Waals surface area contributed by atoms with Gasteiger partial charge in [-0.25, -0.2) is 9.37 Å². The van der Waals surface area contributed by atoms with Crippen LogP contribution in [0, 0.1) is 12.7 Å². The lowest BCUT2D eigenvalue weighted by Gasteiger charge is -2.38. The Morgan fingerprint density at radius 2 is 1.66 bits per heavy atom. The molecule has 1 saturated heterocycles. The molecular formula is C25H34FN5S. The second-order valence-corrected chi connectivity index (χ2v) is 9.66. The standard InChI is InChI=1S/C25H34FN5S/c1-19-17-22(31-15-7-2-3-8-16-31)29-23(28-19)30-24(32)27-18-25(13-5-4-6-14-25)20-9-11-21(26)12-10-20/h9-12,17H,2-8,13-16,18H2,1H3,(H2,27,28,29,30,32). The van der Waals surface area contributed by atoms with Crippen LogP contribution in [0.5, 0.6) is 0 Å². The molecule has 32 heavy (non-hydrogen) atoms. The molecule has 0 bridgehead atoms. The van der Waals surface area contributed by atoms with E-state index in [0.29, 0.717) is 11.1 Å². The van der Waals surface area contributed by atoms with E-state index in [1.54, 1.807) is 12.1 Å². The maximum Gasteiger partial charge on any atom is 0.231 e. The molecule has 2 aliphatic rings. The Morgan fingerprint density at radius 3 is 2.34 bits per heavy atom. The number of rotatable bonds is 5. The lowest BCUT2D eigenvalue weighted by Crippen LogP contribution is -2.43. The molecule has 0 atom stereocenters. The van der Waals surface area contributed by atoms with Crippen molar-refractivity contribution in [2.24, 2.45) is 0 Å². The summed E-state index contributed by atoms with van der Waals surface area (Å²) in [6, 6.07) is 9.03.